The molecule has 1 atom stereocenters. The molecule has 0 radical (unpaired) electrons. The molecular formula is C4H9O3P. The Hall–Kier alpha value is -0.300. The Bertz CT molecular complexity index is 91.3. The van der Waals surface area contributed by atoms with E-state index in [1.165, 1.54) is 0 Å². The van der Waals surface area contributed by atoms with Crippen LogP contribution in [0.15, 0.2) is 0 Å². The molecular weight excluding hydrogens is 127 g/mol. The second kappa shape index (κ2) is 4.85. The van der Waals surface area contributed by atoms with Crippen molar-refractivity contribution in [2.24, 2.45) is 0 Å². The minimum atomic E-state index is -0.808. The SMILES string of the molecule is O=[PH2]CCCC(=O)O. The highest BCUT2D eigenvalue weighted by Crippen LogP contribution is 1.97. The Balaban J connectivity index is 2.93. The molecule has 0 aliphatic carbocycles. The number of aliphatic carboxylic acids is 1. The average Bonchev–Trinajstić information content (AvgIpc) is 1.66. The number of hydrogen-bond donors (Lipinski definition) is 1. The summed E-state index contributed by atoms with van der Waals surface area (Å²) in [6, 6.07) is 0. The second-order valence-corrected chi connectivity index (χ2v) is 2.36. The molecule has 1 N–H and O–H groups in total. The molecule has 0 aromatic carbocycles. The third kappa shape index (κ3) is 5.70. The van der Waals surface area contributed by atoms with Gasteiger partial charge < -0.3 is 9.67 Å². The van der Waals surface area contributed by atoms with Gasteiger partial charge in [-0.05, 0) is 12.6 Å². The van der Waals surface area contributed by atoms with Gasteiger partial charge in [0.25, 0.3) is 0 Å². The number of carboxylic acid groups (broad SMARTS) is 1. The van der Waals surface area contributed by atoms with Crippen molar-refractivity contribution >= 4 is 14.4 Å². The van der Waals surface area contributed by atoms with Crippen LogP contribution in [0, 0.1) is 0 Å². The van der Waals surface area contributed by atoms with Crippen molar-refractivity contribution < 1.29 is 14.5 Å². The summed E-state index contributed by atoms with van der Waals surface area (Å²) < 4.78 is 9.80. The van der Waals surface area contributed by atoms with Gasteiger partial charge in [0.1, 0.15) is 0 Å². The van der Waals surface area contributed by atoms with Crippen LogP contribution in [-0.4, -0.2) is 17.2 Å². The van der Waals surface area contributed by atoms with Gasteiger partial charge in [0.15, 0.2) is 0 Å². The summed E-state index contributed by atoms with van der Waals surface area (Å²) in [6.07, 6.45) is 1.26. The normalized spacial score (nSPS) is 10.5. The zero-order valence-electron chi connectivity index (χ0n) is 4.46. The van der Waals surface area contributed by atoms with Crippen LogP contribution in [0.1, 0.15) is 12.8 Å². The molecule has 0 aliphatic rings. The van der Waals surface area contributed by atoms with Gasteiger partial charge in [-0.3, -0.25) is 4.79 Å². The van der Waals surface area contributed by atoms with Crippen LogP contribution >= 0.6 is 8.46 Å². The maximum Gasteiger partial charge on any atom is 0.303 e. The number of rotatable bonds is 4. The lowest BCUT2D eigenvalue weighted by Crippen LogP contribution is -1.93. The summed E-state index contributed by atoms with van der Waals surface area (Å²) in [5.41, 5.74) is 0. The van der Waals surface area contributed by atoms with E-state index in [-0.39, 0.29) is 6.42 Å². The topological polar surface area (TPSA) is 54.4 Å². The molecule has 8 heavy (non-hydrogen) atoms. The van der Waals surface area contributed by atoms with Crippen LogP contribution < -0.4 is 0 Å². The summed E-state index contributed by atoms with van der Waals surface area (Å²) in [5.74, 6) is -0.808. The Morgan fingerprint density at radius 1 is 1.62 bits per heavy atom. The van der Waals surface area contributed by atoms with Gasteiger partial charge in [-0.15, -0.1) is 0 Å². The summed E-state index contributed by atoms with van der Waals surface area (Å²) in [7, 11) is -0.749. The van der Waals surface area contributed by atoms with Gasteiger partial charge in [0.2, 0.25) is 0 Å². The van der Waals surface area contributed by atoms with E-state index in [9.17, 15) is 9.36 Å². The molecule has 0 aromatic rings. The van der Waals surface area contributed by atoms with Crippen molar-refractivity contribution in [1.82, 2.24) is 0 Å². The molecule has 48 valence electrons. The van der Waals surface area contributed by atoms with E-state index in [0.717, 1.165) is 0 Å². The Morgan fingerprint density at radius 3 is 2.62 bits per heavy atom. The standard InChI is InChI=1S/C4H9O3P/c5-4(6)2-1-3-8-7/h1-3,8H2,(H,5,6). The van der Waals surface area contributed by atoms with Gasteiger partial charge in [0, 0.05) is 6.42 Å². The smallest absolute Gasteiger partial charge is 0.303 e. The molecule has 4 heteroatoms. The molecule has 0 rings (SSSR count). The van der Waals surface area contributed by atoms with Gasteiger partial charge in [0.05, 0.1) is 8.46 Å². The van der Waals surface area contributed by atoms with Crippen molar-refractivity contribution in [1.29, 1.82) is 0 Å². The maximum atomic E-state index is 9.80. The first kappa shape index (κ1) is 7.70. The monoisotopic (exact) mass is 136 g/mol. The second-order valence-electron chi connectivity index (χ2n) is 1.45. The summed E-state index contributed by atoms with van der Waals surface area (Å²) >= 11 is 0. The lowest BCUT2D eigenvalue weighted by Gasteiger charge is -1.85. The van der Waals surface area contributed by atoms with E-state index < -0.39 is 14.4 Å². The van der Waals surface area contributed by atoms with Crippen molar-refractivity contribution in [2.75, 3.05) is 6.16 Å². The number of hydrogen-bond acceptors (Lipinski definition) is 2. The van der Waals surface area contributed by atoms with Crippen LogP contribution in [0.25, 0.3) is 0 Å². The fraction of sp³-hybridized carbons (Fsp3) is 0.750. The highest BCUT2D eigenvalue weighted by Gasteiger charge is 1.92. The number of carbonyl (C=O) groups is 1. The molecule has 3 nitrogen and oxygen atoms in total. The fourth-order valence-corrected chi connectivity index (χ4v) is 0.707. The molecule has 0 aliphatic heterocycles. The van der Waals surface area contributed by atoms with Crippen molar-refractivity contribution in [2.45, 2.75) is 12.8 Å². The summed E-state index contributed by atoms with van der Waals surface area (Å²) in [5, 5.41) is 8.05. The van der Waals surface area contributed by atoms with Gasteiger partial charge in [-0.25, -0.2) is 0 Å². The molecule has 0 heterocycles. The van der Waals surface area contributed by atoms with E-state index >= 15 is 0 Å². The lowest BCUT2D eigenvalue weighted by molar-refractivity contribution is -0.137. The van der Waals surface area contributed by atoms with Crippen molar-refractivity contribution in [3.8, 4) is 0 Å². The van der Waals surface area contributed by atoms with Crippen LogP contribution in [0.3, 0.4) is 0 Å². The molecule has 1 unspecified atom stereocenters. The Labute approximate surface area is 48.9 Å². The van der Waals surface area contributed by atoms with E-state index in [4.69, 9.17) is 5.11 Å². The largest absolute Gasteiger partial charge is 0.481 e. The average molecular weight is 136 g/mol. The molecule has 0 amide bonds. The highest BCUT2D eigenvalue weighted by molar-refractivity contribution is 7.23. The maximum absolute atomic E-state index is 9.80. The first-order valence-electron chi connectivity index (χ1n) is 2.43. The van der Waals surface area contributed by atoms with Crippen molar-refractivity contribution in [3.05, 3.63) is 0 Å². The van der Waals surface area contributed by atoms with Crippen LogP contribution in [0.4, 0.5) is 0 Å². The number of carboxylic acids is 1. The van der Waals surface area contributed by atoms with E-state index in [1.54, 1.807) is 0 Å². The molecule has 0 saturated heterocycles. The van der Waals surface area contributed by atoms with Crippen LogP contribution in [0.5, 0.6) is 0 Å². The molecule has 0 aromatic heterocycles. The molecule has 0 spiro atoms. The molecule has 0 saturated carbocycles. The quantitative estimate of drug-likeness (QED) is 0.455. The third-order valence-electron chi connectivity index (χ3n) is 0.713. The van der Waals surface area contributed by atoms with Gasteiger partial charge in [-0.1, -0.05) is 0 Å². The van der Waals surface area contributed by atoms with E-state index in [0.29, 0.717) is 12.6 Å². The van der Waals surface area contributed by atoms with Crippen LogP contribution in [0.2, 0.25) is 0 Å². The van der Waals surface area contributed by atoms with E-state index in [2.05, 4.69) is 0 Å². The summed E-state index contributed by atoms with van der Waals surface area (Å²) in [4.78, 5) is 9.78. The highest BCUT2D eigenvalue weighted by atomic mass is 31.1. The Morgan fingerprint density at radius 2 is 2.25 bits per heavy atom. The summed E-state index contributed by atoms with van der Waals surface area (Å²) in [6.45, 7) is 0. The molecule has 0 fully saturated rings. The zero-order valence-corrected chi connectivity index (χ0v) is 5.62. The molecule has 0 bridgehead atoms. The predicted molar refractivity (Wildman–Crippen MR) is 32.1 cm³/mol. The zero-order chi connectivity index (χ0) is 6.41. The lowest BCUT2D eigenvalue weighted by atomic mass is 10.3. The first-order valence-corrected chi connectivity index (χ1v) is 3.71. The van der Waals surface area contributed by atoms with Gasteiger partial charge >= 0.3 is 5.97 Å². The fourth-order valence-electron chi connectivity index (χ4n) is 0.337. The minimum absolute atomic E-state index is 0.148. The van der Waals surface area contributed by atoms with Crippen LogP contribution in [-0.2, 0) is 9.36 Å². The minimum Gasteiger partial charge on any atom is -0.481 e. The predicted octanol–water partition coefficient (Wildman–Crippen LogP) is 0.607. The van der Waals surface area contributed by atoms with E-state index in [1.807, 2.05) is 0 Å². The van der Waals surface area contributed by atoms with Gasteiger partial charge in [-0.2, -0.15) is 0 Å². The van der Waals surface area contributed by atoms with Crippen molar-refractivity contribution in [3.63, 3.8) is 0 Å². The third-order valence-corrected chi connectivity index (χ3v) is 1.36. The Kier molecular flexibility index (Phi) is 4.67. The first-order chi connectivity index (χ1) is 3.77.